The first kappa shape index (κ1) is 51.3. The number of ether oxygens (including phenoxy) is 5. The second-order valence-corrected chi connectivity index (χ2v) is 15.2. The van der Waals surface area contributed by atoms with Crippen LogP contribution in [-0.4, -0.2) is 96.9 Å². The van der Waals surface area contributed by atoms with E-state index in [2.05, 4.69) is 5.32 Å². The highest BCUT2D eigenvalue weighted by Gasteiger charge is 2.37. The summed E-state index contributed by atoms with van der Waals surface area (Å²) in [6, 6.07) is 24.4. The third-order valence-electron chi connectivity index (χ3n) is 8.74. The molecule has 2 aliphatic rings. The van der Waals surface area contributed by atoms with Gasteiger partial charge in [0.2, 0.25) is 6.29 Å². The van der Waals surface area contributed by atoms with Gasteiger partial charge in [-0.3, -0.25) is 14.4 Å². The molecule has 0 aliphatic carbocycles. The van der Waals surface area contributed by atoms with E-state index in [1.807, 2.05) is 12.1 Å². The lowest BCUT2D eigenvalue weighted by Crippen LogP contribution is -2.33. The molecular weight excluding hydrogens is 863 g/mol. The summed E-state index contributed by atoms with van der Waals surface area (Å²) in [4.78, 5) is 42.2. The van der Waals surface area contributed by atoms with Crippen LogP contribution in [0, 0.1) is 0 Å². The summed E-state index contributed by atoms with van der Waals surface area (Å²) in [5.41, 5.74) is 7.21. The fourth-order valence-electron chi connectivity index (χ4n) is 6.05. The van der Waals surface area contributed by atoms with Crippen molar-refractivity contribution in [2.75, 3.05) is 26.3 Å². The van der Waals surface area contributed by atoms with Gasteiger partial charge < -0.3 is 64.3 Å². The molecule has 22 heteroatoms. The third kappa shape index (κ3) is 17.6. The van der Waals surface area contributed by atoms with Crippen LogP contribution in [0.3, 0.4) is 0 Å². The Hall–Kier alpha value is -6.32. The molecule has 348 valence electrons. The van der Waals surface area contributed by atoms with Crippen molar-refractivity contribution >= 4 is 49.5 Å². The van der Waals surface area contributed by atoms with Gasteiger partial charge >= 0.3 is 38.4 Å². The quantitative estimate of drug-likeness (QED) is 0.0453. The zero-order valence-corrected chi connectivity index (χ0v) is 35.6. The molecule has 0 saturated heterocycles. The molecule has 4 aromatic rings. The van der Waals surface area contributed by atoms with Gasteiger partial charge in [-0.05, 0) is 111 Å². The van der Waals surface area contributed by atoms with Crippen LogP contribution in [0.1, 0.15) is 69.8 Å². The number of alkyl carbamates (subject to hydrolysis) is 1. The Morgan fingerprint density at radius 3 is 1.52 bits per heavy atom. The van der Waals surface area contributed by atoms with Gasteiger partial charge in [-0.1, -0.05) is 24.3 Å². The molecule has 7 N–H and O–H groups in total. The number of carboxylic acids is 2. The maximum absolute atomic E-state index is 11.6. The molecule has 17 nitrogen and oxygen atoms in total. The number of hydrogen-bond donors (Lipinski definition) is 6. The smallest absolute Gasteiger partial charge is 0.492 e. The number of carboxylic acid groups (broad SMARTS) is 2. The minimum atomic E-state index is -4.64. The Morgan fingerprint density at radius 1 is 0.708 bits per heavy atom. The maximum Gasteiger partial charge on any atom is 0.492 e. The van der Waals surface area contributed by atoms with E-state index in [0.29, 0.717) is 89.3 Å². The minimum absolute atomic E-state index is 0.202. The van der Waals surface area contributed by atoms with Crippen molar-refractivity contribution < 1.29 is 85.6 Å². The van der Waals surface area contributed by atoms with E-state index in [1.165, 1.54) is 0 Å². The summed E-state index contributed by atoms with van der Waals surface area (Å²) in [7, 11) is -2.36. The van der Waals surface area contributed by atoms with Crippen LogP contribution in [0.2, 0.25) is 0 Å². The average molecular weight is 912 g/mol. The summed E-state index contributed by atoms with van der Waals surface area (Å²) >= 11 is 0. The Bertz CT molecular complexity index is 2230. The summed E-state index contributed by atoms with van der Waals surface area (Å²) < 4.78 is 70.1. The summed E-state index contributed by atoms with van der Waals surface area (Å²) in [5.74, 6) is 1.42. The van der Waals surface area contributed by atoms with E-state index in [4.69, 9.17) is 53.7 Å². The molecule has 0 spiro atoms. The lowest BCUT2D eigenvalue weighted by molar-refractivity contribution is -0.156. The molecule has 0 saturated carbocycles. The SMILES string of the molecule is CC(C)(C)OC(=O)NCCCOc1cccc(Oc2ccc3c(c2)B(O)O[C@@H]3CC(=O)O)c1.NCCCOc1cccc(Oc2ccc3c(c2)B(O)O[C@@H]3CC(=O)O)c1.O=CC(F)(F)F. The lowest BCUT2D eigenvalue weighted by atomic mass is 9.79. The molecule has 0 fully saturated rings. The molecule has 0 radical (unpaired) electrons. The molecule has 0 unspecified atom stereocenters. The van der Waals surface area contributed by atoms with Crippen molar-refractivity contribution in [1.29, 1.82) is 0 Å². The van der Waals surface area contributed by atoms with Crippen LogP contribution in [0.4, 0.5) is 18.0 Å². The van der Waals surface area contributed by atoms with Gasteiger partial charge in [0.05, 0.1) is 38.3 Å². The number of carbonyl (C=O) groups is 4. The highest BCUT2D eigenvalue weighted by atomic mass is 19.4. The number of benzene rings is 4. The van der Waals surface area contributed by atoms with Gasteiger partial charge in [0.1, 0.15) is 40.1 Å². The van der Waals surface area contributed by atoms with E-state index in [0.717, 1.165) is 6.42 Å². The van der Waals surface area contributed by atoms with Crippen LogP contribution in [-0.2, 0) is 28.4 Å². The van der Waals surface area contributed by atoms with E-state index in [9.17, 15) is 37.6 Å². The largest absolute Gasteiger partial charge is 0.493 e. The first-order chi connectivity index (χ1) is 30.7. The number of amides is 1. The van der Waals surface area contributed by atoms with Crippen LogP contribution in [0.5, 0.6) is 34.5 Å². The second kappa shape index (κ2) is 24.1. The molecule has 4 aromatic carbocycles. The van der Waals surface area contributed by atoms with Gasteiger partial charge in [-0.25, -0.2) is 4.79 Å². The highest BCUT2D eigenvalue weighted by Crippen LogP contribution is 2.33. The Morgan fingerprint density at radius 2 is 1.12 bits per heavy atom. The van der Waals surface area contributed by atoms with Crippen molar-refractivity contribution in [3.8, 4) is 34.5 Å². The number of nitrogens with one attached hydrogen (secondary N) is 1. The Balaban J connectivity index is 0.000000258. The number of carbonyl (C=O) groups excluding carboxylic acids is 2. The van der Waals surface area contributed by atoms with E-state index >= 15 is 0 Å². The fourth-order valence-corrected chi connectivity index (χ4v) is 6.05. The summed E-state index contributed by atoms with van der Waals surface area (Å²) in [6.07, 6.45) is -6.57. The number of aldehydes is 1. The average Bonchev–Trinajstić information content (AvgIpc) is 3.70. The minimum Gasteiger partial charge on any atom is -0.493 e. The van der Waals surface area contributed by atoms with E-state index in [1.54, 1.807) is 93.6 Å². The topological polar surface area (TPSA) is 252 Å². The first-order valence-corrected chi connectivity index (χ1v) is 20.1. The second-order valence-electron chi connectivity index (χ2n) is 15.2. The van der Waals surface area contributed by atoms with Gasteiger partial charge in [-0.15, -0.1) is 0 Å². The number of alkyl halides is 3. The summed E-state index contributed by atoms with van der Waals surface area (Å²) in [5, 5.41) is 40.7. The number of aliphatic carboxylic acids is 2. The molecule has 2 heterocycles. The van der Waals surface area contributed by atoms with E-state index < -0.39 is 62.5 Å². The van der Waals surface area contributed by atoms with Crippen LogP contribution >= 0.6 is 0 Å². The Kier molecular flexibility index (Phi) is 19.0. The molecule has 0 aromatic heterocycles. The van der Waals surface area contributed by atoms with Crippen molar-refractivity contribution in [1.82, 2.24) is 5.32 Å². The number of nitrogens with two attached hydrogens (primary N) is 1. The number of halogens is 3. The normalized spacial score (nSPS) is 14.9. The predicted molar refractivity (Wildman–Crippen MR) is 229 cm³/mol. The monoisotopic (exact) mass is 912 g/mol. The number of hydrogen-bond acceptors (Lipinski definition) is 14. The van der Waals surface area contributed by atoms with Gasteiger partial charge in [0, 0.05) is 18.7 Å². The molecule has 65 heavy (non-hydrogen) atoms. The Labute approximate surface area is 372 Å². The molecule has 2 atom stereocenters. The molecular formula is C43H49B2F3N2O15. The van der Waals surface area contributed by atoms with Gasteiger partial charge in [-0.2, -0.15) is 13.2 Å². The van der Waals surface area contributed by atoms with Crippen molar-refractivity contribution in [2.24, 2.45) is 5.73 Å². The zero-order valence-electron chi connectivity index (χ0n) is 35.6. The van der Waals surface area contributed by atoms with Crippen LogP contribution in [0.25, 0.3) is 0 Å². The van der Waals surface area contributed by atoms with Crippen LogP contribution < -0.4 is 40.9 Å². The highest BCUT2D eigenvalue weighted by molar-refractivity contribution is 6.62. The summed E-state index contributed by atoms with van der Waals surface area (Å²) in [6.45, 7) is 7.34. The first-order valence-electron chi connectivity index (χ1n) is 20.1. The van der Waals surface area contributed by atoms with Crippen molar-refractivity contribution in [2.45, 2.75) is 70.4 Å². The maximum atomic E-state index is 11.6. The predicted octanol–water partition coefficient (Wildman–Crippen LogP) is 5.19. The fraction of sp³-hybridized carbons (Fsp3) is 0.349. The zero-order chi connectivity index (χ0) is 47.7. The number of fused-ring (bicyclic) bond motifs is 2. The third-order valence-corrected chi connectivity index (χ3v) is 8.74. The van der Waals surface area contributed by atoms with Gasteiger partial charge in [0.25, 0.3) is 0 Å². The lowest BCUT2D eigenvalue weighted by Gasteiger charge is -2.19. The van der Waals surface area contributed by atoms with Gasteiger partial charge in [0.15, 0.2) is 0 Å². The van der Waals surface area contributed by atoms with Crippen LogP contribution in [0.15, 0.2) is 84.9 Å². The number of rotatable bonds is 17. The molecule has 2 aliphatic heterocycles. The van der Waals surface area contributed by atoms with Crippen molar-refractivity contribution in [3.05, 3.63) is 96.1 Å². The standard InChI is InChI=1S/C23H28BNO8.C18H20BNO6.C2HF3O/c1-23(2,3)32-22(28)25-10-5-11-30-15-6-4-7-16(12-15)31-17-8-9-18-19(13-17)24(29)33-20(18)14-21(26)27;20-7-2-8-24-12-3-1-4-13(9-12)25-14-5-6-15-16(10-14)19(23)26-17(15)11-18(21)22;3-2(4,5)1-6/h4,6-9,12-13,20,29H,5,10-11,14H2,1-3H3,(H,25,28)(H,26,27);1,3-6,9-10,17,23H,2,7-8,11,20H2,(H,21,22);1H/t20-;17-;/m11./s1. The van der Waals surface area contributed by atoms with Crippen molar-refractivity contribution in [3.63, 3.8) is 0 Å². The molecule has 0 bridgehead atoms. The molecule has 1 amide bonds. The molecule has 6 rings (SSSR count). The van der Waals surface area contributed by atoms with E-state index in [-0.39, 0.29) is 12.8 Å².